The standard InChI is InChI=1S/C20H27N3O2Si/c1-20(2,3)26(5,6)25-18-9-7-8-17-19(18)21-22-23(17)14-15-10-12-16(24-4)13-11-15/h7-13H,14H2,1-6H3. The number of rotatable bonds is 5. The molecule has 0 spiro atoms. The van der Waals surface area contributed by atoms with Gasteiger partial charge in [-0.3, -0.25) is 0 Å². The number of ether oxygens (including phenoxy) is 1. The molecule has 0 saturated heterocycles. The minimum absolute atomic E-state index is 0.133. The van der Waals surface area contributed by atoms with Crippen LogP contribution in [0.25, 0.3) is 11.0 Å². The molecule has 0 bridgehead atoms. The maximum Gasteiger partial charge on any atom is 0.250 e. The van der Waals surface area contributed by atoms with Gasteiger partial charge in [0.05, 0.1) is 19.2 Å². The summed E-state index contributed by atoms with van der Waals surface area (Å²) in [5.74, 6) is 1.68. The topological polar surface area (TPSA) is 49.2 Å². The van der Waals surface area contributed by atoms with Crippen molar-refractivity contribution in [2.75, 3.05) is 7.11 Å². The summed E-state index contributed by atoms with van der Waals surface area (Å²) in [7, 11) is -0.259. The van der Waals surface area contributed by atoms with Crippen LogP contribution in [-0.2, 0) is 6.54 Å². The second kappa shape index (κ2) is 6.76. The fourth-order valence-electron chi connectivity index (χ4n) is 2.50. The van der Waals surface area contributed by atoms with Crippen LogP contribution in [0, 0.1) is 0 Å². The van der Waals surface area contributed by atoms with E-state index < -0.39 is 8.32 Å². The highest BCUT2D eigenvalue weighted by Gasteiger charge is 2.39. The molecule has 3 aromatic rings. The first-order valence-electron chi connectivity index (χ1n) is 8.85. The first kappa shape index (κ1) is 18.4. The largest absolute Gasteiger partial charge is 0.542 e. The average molecular weight is 370 g/mol. The van der Waals surface area contributed by atoms with Gasteiger partial charge in [-0.2, -0.15) is 0 Å². The summed E-state index contributed by atoms with van der Waals surface area (Å²) < 4.78 is 13.6. The molecule has 0 unspecified atom stereocenters. The van der Waals surface area contributed by atoms with Crippen molar-refractivity contribution in [2.45, 2.75) is 45.4 Å². The highest BCUT2D eigenvalue weighted by atomic mass is 28.4. The smallest absolute Gasteiger partial charge is 0.250 e. The number of methoxy groups -OCH3 is 1. The monoisotopic (exact) mass is 369 g/mol. The number of hydrogen-bond donors (Lipinski definition) is 0. The van der Waals surface area contributed by atoms with E-state index in [4.69, 9.17) is 9.16 Å². The van der Waals surface area contributed by atoms with E-state index in [-0.39, 0.29) is 5.04 Å². The Balaban J connectivity index is 1.91. The second-order valence-corrected chi connectivity index (χ2v) is 12.8. The van der Waals surface area contributed by atoms with E-state index in [0.29, 0.717) is 6.54 Å². The van der Waals surface area contributed by atoms with Crippen LogP contribution in [0.5, 0.6) is 11.5 Å². The molecule has 1 heterocycles. The Bertz CT molecular complexity index is 896. The van der Waals surface area contributed by atoms with E-state index in [9.17, 15) is 0 Å². The molecule has 5 nitrogen and oxygen atoms in total. The normalized spacial score (nSPS) is 12.4. The number of fused-ring (bicyclic) bond motifs is 1. The molecule has 0 fully saturated rings. The highest BCUT2D eigenvalue weighted by molar-refractivity contribution is 6.74. The van der Waals surface area contributed by atoms with Gasteiger partial charge in [0.2, 0.25) is 0 Å². The van der Waals surface area contributed by atoms with Crippen LogP contribution < -0.4 is 9.16 Å². The van der Waals surface area contributed by atoms with Gasteiger partial charge in [-0.1, -0.05) is 44.2 Å². The summed E-state index contributed by atoms with van der Waals surface area (Å²) >= 11 is 0. The molecule has 0 radical (unpaired) electrons. The molecule has 0 atom stereocenters. The van der Waals surface area contributed by atoms with Gasteiger partial charge in [0.25, 0.3) is 8.32 Å². The van der Waals surface area contributed by atoms with Crippen molar-refractivity contribution in [2.24, 2.45) is 0 Å². The molecular weight excluding hydrogens is 342 g/mol. The quantitative estimate of drug-likeness (QED) is 0.602. The third-order valence-corrected chi connectivity index (χ3v) is 9.51. The van der Waals surface area contributed by atoms with Crippen LogP contribution in [0.3, 0.4) is 0 Å². The fourth-order valence-corrected chi connectivity index (χ4v) is 3.52. The van der Waals surface area contributed by atoms with E-state index in [0.717, 1.165) is 28.1 Å². The molecule has 3 rings (SSSR count). The number of benzene rings is 2. The van der Waals surface area contributed by atoms with Crippen molar-refractivity contribution >= 4 is 19.4 Å². The lowest BCUT2D eigenvalue weighted by Gasteiger charge is -2.36. The third kappa shape index (κ3) is 3.60. The lowest BCUT2D eigenvalue weighted by molar-refractivity contribution is 0.414. The zero-order chi connectivity index (χ0) is 18.9. The Morgan fingerprint density at radius 2 is 1.73 bits per heavy atom. The van der Waals surface area contributed by atoms with E-state index in [1.807, 2.05) is 47.1 Å². The van der Waals surface area contributed by atoms with Gasteiger partial charge >= 0.3 is 0 Å². The van der Waals surface area contributed by atoms with Gasteiger partial charge in [0.15, 0.2) is 5.52 Å². The number of nitrogens with zero attached hydrogens (tertiary/aromatic N) is 3. The van der Waals surface area contributed by atoms with E-state index in [1.165, 1.54) is 0 Å². The van der Waals surface area contributed by atoms with E-state index in [1.54, 1.807) is 7.11 Å². The Morgan fingerprint density at radius 3 is 2.35 bits per heavy atom. The van der Waals surface area contributed by atoms with Gasteiger partial charge < -0.3 is 9.16 Å². The fraction of sp³-hybridized carbons (Fsp3) is 0.400. The molecule has 0 N–H and O–H groups in total. The molecule has 1 aromatic heterocycles. The molecule has 0 aliphatic rings. The second-order valence-electron chi connectivity index (χ2n) is 8.08. The van der Waals surface area contributed by atoms with Gasteiger partial charge in [0.1, 0.15) is 11.5 Å². The van der Waals surface area contributed by atoms with Crippen LogP contribution in [0.4, 0.5) is 0 Å². The zero-order valence-corrected chi connectivity index (χ0v) is 17.4. The van der Waals surface area contributed by atoms with Gasteiger partial charge in [-0.25, -0.2) is 4.68 Å². The van der Waals surface area contributed by atoms with Gasteiger partial charge in [0, 0.05) is 0 Å². The summed E-state index contributed by atoms with van der Waals surface area (Å²) in [4.78, 5) is 0. The van der Waals surface area contributed by atoms with Crippen molar-refractivity contribution in [1.29, 1.82) is 0 Å². The molecule has 0 aliphatic carbocycles. The summed E-state index contributed by atoms with van der Waals surface area (Å²) in [6.07, 6.45) is 0. The number of hydrogen-bond acceptors (Lipinski definition) is 4. The molecule has 0 amide bonds. The third-order valence-electron chi connectivity index (χ3n) is 5.17. The highest BCUT2D eigenvalue weighted by Crippen LogP contribution is 2.38. The van der Waals surface area contributed by atoms with Gasteiger partial charge in [-0.05, 0) is 48.0 Å². The molecule has 0 saturated carbocycles. The van der Waals surface area contributed by atoms with Crippen LogP contribution in [-0.4, -0.2) is 30.4 Å². The first-order valence-corrected chi connectivity index (χ1v) is 11.8. The van der Waals surface area contributed by atoms with Crippen LogP contribution in [0.2, 0.25) is 18.1 Å². The SMILES string of the molecule is COc1ccc(Cn2nnc3c(O[Si](C)(C)C(C)(C)C)cccc32)cc1. The van der Waals surface area contributed by atoms with Crippen molar-refractivity contribution in [3.8, 4) is 11.5 Å². The Hall–Kier alpha value is -2.34. The molecule has 6 heteroatoms. The first-order chi connectivity index (χ1) is 12.2. The van der Waals surface area contributed by atoms with E-state index >= 15 is 0 Å². The Kier molecular flexibility index (Phi) is 4.79. The predicted molar refractivity (Wildman–Crippen MR) is 107 cm³/mol. The molecule has 138 valence electrons. The Labute approximate surface area is 156 Å². The van der Waals surface area contributed by atoms with Crippen molar-refractivity contribution in [3.63, 3.8) is 0 Å². The van der Waals surface area contributed by atoms with Crippen LogP contribution >= 0.6 is 0 Å². The molecular formula is C20H27N3O2Si. The van der Waals surface area contributed by atoms with Crippen molar-refractivity contribution < 1.29 is 9.16 Å². The van der Waals surface area contributed by atoms with Crippen LogP contribution in [0.15, 0.2) is 42.5 Å². The average Bonchev–Trinajstić information content (AvgIpc) is 2.98. The van der Waals surface area contributed by atoms with Gasteiger partial charge in [-0.15, -0.1) is 5.10 Å². The summed E-state index contributed by atoms with van der Waals surface area (Å²) in [6, 6.07) is 14.1. The van der Waals surface area contributed by atoms with Crippen LogP contribution in [0.1, 0.15) is 26.3 Å². The Morgan fingerprint density at radius 1 is 1.04 bits per heavy atom. The predicted octanol–water partition coefficient (Wildman–Crippen LogP) is 4.87. The minimum atomic E-state index is -1.93. The lowest BCUT2D eigenvalue weighted by Crippen LogP contribution is -2.43. The van der Waals surface area contributed by atoms with Crippen molar-refractivity contribution in [1.82, 2.24) is 15.0 Å². The lowest BCUT2D eigenvalue weighted by atomic mass is 10.2. The number of aromatic nitrogens is 3. The summed E-state index contributed by atoms with van der Waals surface area (Å²) in [6.45, 7) is 11.9. The van der Waals surface area contributed by atoms with E-state index in [2.05, 4.69) is 44.2 Å². The summed E-state index contributed by atoms with van der Waals surface area (Å²) in [5.41, 5.74) is 2.95. The van der Waals surface area contributed by atoms with Crippen molar-refractivity contribution in [3.05, 3.63) is 48.0 Å². The molecule has 0 aliphatic heterocycles. The maximum absolute atomic E-state index is 6.48. The maximum atomic E-state index is 6.48. The summed E-state index contributed by atoms with van der Waals surface area (Å²) in [5, 5.41) is 8.89. The minimum Gasteiger partial charge on any atom is -0.542 e. The molecule has 2 aromatic carbocycles. The molecule has 26 heavy (non-hydrogen) atoms. The zero-order valence-electron chi connectivity index (χ0n) is 16.4.